The molecule has 0 saturated carbocycles. The molecule has 0 bridgehead atoms. The quantitative estimate of drug-likeness (QED) is 0.643. The van der Waals surface area contributed by atoms with Gasteiger partial charge in [0.2, 0.25) is 0 Å². The average Bonchev–Trinajstić information content (AvgIpc) is 2.16. The summed E-state index contributed by atoms with van der Waals surface area (Å²) < 4.78 is 0. The molecule has 5 nitrogen and oxygen atoms in total. The average molecular weight is 193 g/mol. The zero-order valence-corrected chi connectivity index (χ0v) is 7.67. The highest BCUT2D eigenvalue weighted by Crippen LogP contribution is 2.19. The highest BCUT2D eigenvalue weighted by atomic mass is 16.1. The third kappa shape index (κ3) is 1.35. The molecule has 0 fully saturated rings. The van der Waals surface area contributed by atoms with Gasteiger partial charge in [-0.1, -0.05) is 0 Å². The molecule has 14 heavy (non-hydrogen) atoms. The Kier molecular flexibility index (Phi) is 2.17. The Morgan fingerprint density at radius 2 is 2.14 bits per heavy atom. The molecule has 2 rings (SSSR count). The molecule has 0 atom stereocenters. The number of rotatable bonds is 1. The lowest BCUT2D eigenvalue weighted by Gasteiger charge is -2.15. The summed E-state index contributed by atoms with van der Waals surface area (Å²) in [5.74, 6) is 0.0375. The molecule has 0 radical (unpaired) electrons. The standard InChI is InChI=1S/C9H11N3O2/c10-4-6-8-5(11-9(14)12-6)2-1-3-7(8)13/h1-4,10H2,(H,11,12,14). The predicted molar refractivity (Wildman–Crippen MR) is 50.0 cm³/mol. The van der Waals surface area contributed by atoms with E-state index in [1.54, 1.807) is 0 Å². The van der Waals surface area contributed by atoms with Crippen LogP contribution in [-0.4, -0.2) is 15.8 Å². The smallest absolute Gasteiger partial charge is 0.325 e. The minimum absolute atomic E-state index is 0.0375. The third-order valence-corrected chi connectivity index (χ3v) is 2.39. The maximum absolute atomic E-state index is 11.6. The van der Waals surface area contributed by atoms with Crippen LogP contribution in [0.4, 0.5) is 0 Å². The summed E-state index contributed by atoms with van der Waals surface area (Å²) in [5.41, 5.74) is 6.68. The SMILES string of the molecule is NCc1nc(=O)[nH]c2c1C(=O)CCC2. The third-order valence-electron chi connectivity index (χ3n) is 2.39. The molecule has 1 heterocycles. The Hall–Kier alpha value is -1.49. The van der Waals surface area contributed by atoms with Gasteiger partial charge in [-0.05, 0) is 12.8 Å². The fourth-order valence-electron chi connectivity index (χ4n) is 1.79. The molecular formula is C9H11N3O2. The van der Waals surface area contributed by atoms with Gasteiger partial charge in [-0.3, -0.25) is 4.79 Å². The highest BCUT2D eigenvalue weighted by Gasteiger charge is 2.22. The molecule has 0 aliphatic heterocycles. The summed E-state index contributed by atoms with van der Waals surface area (Å²) in [4.78, 5) is 28.9. The van der Waals surface area contributed by atoms with E-state index < -0.39 is 5.69 Å². The molecule has 0 spiro atoms. The predicted octanol–water partition coefficient (Wildman–Crippen LogP) is -0.252. The van der Waals surface area contributed by atoms with Crippen molar-refractivity contribution in [3.05, 3.63) is 27.4 Å². The van der Waals surface area contributed by atoms with Crippen LogP contribution in [0, 0.1) is 0 Å². The molecular weight excluding hydrogens is 182 g/mol. The fourth-order valence-corrected chi connectivity index (χ4v) is 1.79. The second-order valence-electron chi connectivity index (χ2n) is 3.32. The summed E-state index contributed by atoms with van der Waals surface area (Å²) in [7, 11) is 0. The number of nitrogens with zero attached hydrogens (tertiary/aromatic N) is 1. The van der Waals surface area contributed by atoms with Crippen molar-refractivity contribution in [2.45, 2.75) is 25.8 Å². The van der Waals surface area contributed by atoms with Crippen molar-refractivity contribution in [2.75, 3.05) is 0 Å². The number of aryl methyl sites for hydroxylation is 1. The van der Waals surface area contributed by atoms with Crippen LogP contribution in [0.3, 0.4) is 0 Å². The lowest BCUT2D eigenvalue weighted by Crippen LogP contribution is -2.25. The van der Waals surface area contributed by atoms with Crippen molar-refractivity contribution in [1.29, 1.82) is 0 Å². The van der Waals surface area contributed by atoms with Crippen LogP contribution >= 0.6 is 0 Å². The number of aromatic amines is 1. The van der Waals surface area contributed by atoms with Crippen molar-refractivity contribution in [2.24, 2.45) is 5.73 Å². The lowest BCUT2D eigenvalue weighted by molar-refractivity contribution is 0.0970. The van der Waals surface area contributed by atoms with E-state index in [9.17, 15) is 9.59 Å². The number of aromatic nitrogens is 2. The van der Waals surface area contributed by atoms with E-state index in [-0.39, 0.29) is 12.3 Å². The molecule has 0 aromatic carbocycles. The molecule has 1 aromatic heterocycles. The largest absolute Gasteiger partial charge is 0.345 e. The van der Waals surface area contributed by atoms with Crippen molar-refractivity contribution < 1.29 is 4.79 Å². The summed E-state index contributed by atoms with van der Waals surface area (Å²) in [6, 6.07) is 0. The van der Waals surface area contributed by atoms with E-state index in [4.69, 9.17) is 5.73 Å². The first-order valence-corrected chi connectivity index (χ1v) is 4.57. The molecule has 3 N–H and O–H groups in total. The van der Waals surface area contributed by atoms with Crippen molar-refractivity contribution >= 4 is 5.78 Å². The van der Waals surface area contributed by atoms with Gasteiger partial charge in [0, 0.05) is 18.7 Å². The number of carbonyl (C=O) groups excluding carboxylic acids is 1. The zero-order chi connectivity index (χ0) is 10.1. The topological polar surface area (TPSA) is 88.8 Å². The van der Waals surface area contributed by atoms with Crippen LogP contribution in [0.15, 0.2) is 4.79 Å². The van der Waals surface area contributed by atoms with Gasteiger partial charge >= 0.3 is 5.69 Å². The van der Waals surface area contributed by atoms with Gasteiger partial charge in [0.05, 0.1) is 11.3 Å². The van der Waals surface area contributed by atoms with Gasteiger partial charge in [0.1, 0.15) is 0 Å². The number of ketones is 1. The Balaban J connectivity index is 2.67. The highest BCUT2D eigenvalue weighted by molar-refractivity contribution is 5.98. The van der Waals surface area contributed by atoms with Crippen LogP contribution in [0.25, 0.3) is 0 Å². The second kappa shape index (κ2) is 3.34. The first-order valence-electron chi connectivity index (χ1n) is 4.57. The normalized spacial score (nSPS) is 15.4. The van der Waals surface area contributed by atoms with Gasteiger partial charge in [-0.2, -0.15) is 4.98 Å². The first-order chi connectivity index (χ1) is 6.72. The number of fused-ring (bicyclic) bond motifs is 1. The number of carbonyl (C=O) groups is 1. The molecule has 1 aliphatic rings. The van der Waals surface area contributed by atoms with E-state index in [1.165, 1.54) is 0 Å². The maximum Gasteiger partial charge on any atom is 0.345 e. The molecule has 0 saturated heterocycles. The number of Topliss-reactive ketones (excluding diaryl/α,β-unsaturated/α-hetero) is 1. The minimum Gasteiger partial charge on any atom is -0.325 e. The van der Waals surface area contributed by atoms with Gasteiger partial charge in [0.15, 0.2) is 5.78 Å². The Labute approximate surface area is 80.4 Å². The number of H-pyrrole nitrogens is 1. The van der Waals surface area contributed by atoms with E-state index in [0.717, 1.165) is 12.8 Å². The van der Waals surface area contributed by atoms with E-state index in [0.29, 0.717) is 23.4 Å². The monoisotopic (exact) mass is 193 g/mol. The molecule has 1 aliphatic carbocycles. The number of hydrogen-bond acceptors (Lipinski definition) is 4. The summed E-state index contributed by atoms with van der Waals surface area (Å²) >= 11 is 0. The lowest BCUT2D eigenvalue weighted by atomic mass is 9.93. The van der Waals surface area contributed by atoms with Gasteiger partial charge in [0.25, 0.3) is 0 Å². The Morgan fingerprint density at radius 1 is 1.36 bits per heavy atom. The van der Waals surface area contributed by atoms with Crippen molar-refractivity contribution in [1.82, 2.24) is 9.97 Å². The van der Waals surface area contributed by atoms with Crippen LogP contribution in [0.1, 0.15) is 34.6 Å². The molecule has 74 valence electrons. The van der Waals surface area contributed by atoms with Gasteiger partial charge in [-0.15, -0.1) is 0 Å². The van der Waals surface area contributed by atoms with Crippen molar-refractivity contribution in [3.8, 4) is 0 Å². The summed E-state index contributed by atoms with van der Waals surface area (Å²) in [6.07, 6.45) is 2.04. The van der Waals surface area contributed by atoms with Gasteiger partial charge in [-0.25, -0.2) is 4.79 Å². The van der Waals surface area contributed by atoms with Crippen LogP contribution in [0.5, 0.6) is 0 Å². The van der Waals surface area contributed by atoms with Crippen LogP contribution in [-0.2, 0) is 13.0 Å². The number of nitrogens with one attached hydrogen (secondary N) is 1. The Morgan fingerprint density at radius 3 is 2.86 bits per heavy atom. The van der Waals surface area contributed by atoms with Crippen LogP contribution in [0.2, 0.25) is 0 Å². The zero-order valence-electron chi connectivity index (χ0n) is 7.67. The second-order valence-corrected chi connectivity index (χ2v) is 3.32. The fraction of sp³-hybridized carbons (Fsp3) is 0.444. The Bertz CT molecular complexity index is 416. The maximum atomic E-state index is 11.6. The van der Waals surface area contributed by atoms with E-state index in [1.807, 2.05) is 0 Å². The van der Waals surface area contributed by atoms with Crippen molar-refractivity contribution in [3.63, 3.8) is 0 Å². The minimum atomic E-state index is -0.418. The molecule has 0 amide bonds. The van der Waals surface area contributed by atoms with E-state index in [2.05, 4.69) is 9.97 Å². The molecule has 5 heteroatoms. The van der Waals surface area contributed by atoms with Crippen LogP contribution < -0.4 is 11.4 Å². The molecule has 0 unspecified atom stereocenters. The number of hydrogen-bond donors (Lipinski definition) is 2. The first kappa shape index (κ1) is 9.08. The number of nitrogens with two attached hydrogens (primary N) is 1. The van der Waals surface area contributed by atoms with E-state index >= 15 is 0 Å². The van der Waals surface area contributed by atoms with Gasteiger partial charge < -0.3 is 10.7 Å². The summed E-state index contributed by atoms with van der Waals surface area (Å²) in [5, 5.41) is 0. The summed E-state index contributed by atoms with van der Waals surface area (Å²) in [6.45, 7) is 0.137. The molecule has 1 aromatic rings.